The quantitative estimate of drug-likeness (QED) is 0.626. The monoisotopic (exact) mass is 328 g/mol. The fraction of sp³-hybridized carbons (Fsp3) is 0.125. The van der Waals surface area contributed by atoms with E-state index in [0.29, 0.717) is 11.1 Å². The Morgan fingerprint density at radius 3 is 2.29 bits per heavy atom. The molecule has 1 aromatic heterocycles. The van der Waals surface area contributed by atoms with Gasteiger partial charge in [-0.3, -0.25) is 13.9 Å². The van der Waals surface area contributed by atoms with Crippen molar-refractivity contribution in [2.45, 2.75) is 0 Å². The van der Waals surface area contributed by atoms with Crippen molar-refractivity contribution in [3.8, 4) is 0 Å². The lowest BCUT2D eigenvalue weighted by Gasteiger charge is -2.08. The number of aromatic nitrogens is 2. The predicted molar refractivity (Wildman–Crippen MR) is 91.7 cm³/mol. The van der Waals surface area contributed by atoms with E-state index in [0.717, 1.165) is 15.2 Å². The molecule has 0 saturated heterocycles. The topological polar surface area (TPSA) is 120 Å². The van der Waals surface area contributed by atoms with Crippen molar-refractivity contribution in [1.82, 2.24) is 9.13 Å². The molecule has 124 valence electrons. The number of anilines is 1. The molecule has 2 rings (SSSR count). The Kier molecular flexibility index (Phi) is 4.78. The molecule has 1 heterocycles. The van der Waals surface area contributed by atoms with E-state index < -0.39 is 17.2 Å². The van der Waals surface area contributed by atoms with Crippen molar-refractivity contribution in [3.05, 3.63) is 62.3 Å². The van der Waals surface area contributed by atoms with Crippen LogP contribution in [-0.2, 0) is 18.9 Å². The molecule has 24 heavy (non-hydrogen) atoms. The van der Waals surface area contributed by atoms with Crippen LogP contribution >= 0.6 is 0 Å². The summed E-state index contributed by atoms with van der Waals surface area (Å²) < 4.78 is 2.08. The summed E-state index contributed by atoms with van der Waals surface area (Å²) in [5.74, 6) is -1.04. The molecule has 8 nitrogen and oxygen atoms in total. The van der Waals surface area contributed by atoms with Gasteiger partial charge in [0.05, 0.1) is 0 Å². The third-order valence-electron chi connectivity index (χ3n) is 3.38. The maximum atomic E-state index is 12.1. The average molecular weight is 328 g/mol. The molecule has 2 aromatic rings. The number of aliphatic carboxylic acids is 1. The molecule has 0 aliphatic carbocycles. The zero-order chi connectivity index (χ0) is 17.9. The summed E-state index contributed by atoms with van der Waals surface area (Å²) in [4.78, 5) is 38.4. The van der Waals surface area contributed by atoms with E-state index in [1.165, 1.54) is 26.4 Å². The standard InChI is InChI=1S/C16H16N4O4/c1-19-14(17)13(15(23)20(2)16(19)24)18-9-11-5-3-10(4-6-11)7-8-12(21)22/h3-9H,17H2,1-2H3,(H,21,22). The van der Waals surface area contributed by atoms with E-state index >= 15 is 0 Å². The van der Waals surface area contributed by atoms with E-state index in [9.17, 15) is 14.4 Å². The minimum atomic E-state index is -1.03. The molecule has 0 atom stereocenters. The summed E-state index contributed by atoms with van der Waals surface area (Å²) in [5.41, 5.74) is 6.07. The van der Waals surface area contributed by atoms with E-state index in [2.05, 4.69) is 4.99 Å². The molecule has 0 fully saturated rings. The van der Waals surface area contributed by atoms with Gasteiger partial charge in [-0.25, -0.2) is 14.6 Å². The Morgan fingerprint density at radius 2 is 1.71 bits per heavy atom. The average Bonchev–Trinajstić information content (AvgIpc) is 2.57. The first-order valence-electron chi connectivity index (χ1n) is 6.92. The maximum Gasteiger partial charge on any atom is 0.332 e. The minimum Gasteiger partial charge on any atom is -0.478 e. The lowest BCUT2D eigenvalue weighted by atomic mass is 10.1. The first kappa shape index (κ1) is 16.9. The summed E-state index contributed by atoms with van der Waals surface area (Å²) in [6.45, 7) is 0. The highest BCUT2D eigenvalue weighted by molar-refractivity contribution is 5.86. The van der Waals surface area contributed by atoms with Crippen molar-refractivity contribution in [1.29, 1.82) is 0 Å². The van der Waals surface area contributed by atoms with Crippen LogP contribution < -0.4 is 17.0 Å². The molecule has 0 aliphatic heterocycles. The van der Waals surface area contributed by atoms with Gasteiger partial charge in [0.25, 0.3) is 5.56 Å². The second-order valence-corrected chi connectivity index (χ2v) is 5.04. The predicted octanol–water partition coefficient (Wildman–Crippen LogP) is 0.515. The second kappa shape index (κ2) is 6.78. The van der Waals surface area contributed by atoms with Gasteiger partial charge in [-0.1, -0.05) is 24.3 Å². The van der Waals surface area contributed by atoms with Gasteiger partial charge in [0.15, 0.2) is 5.69 Å². The van der Waals surface area contributed by atoms with Gasteiger partial charge in [0.1, 0.15) is 5.82 Å². The highest BCUT2D eigenvalue weighted by Gasteiger charge is 2.11. The van der Waals surface area contributed by atoms with Gasteiger partial charge in [0.2, 0.25) is 0 Å². The van der Waals surface area contributed by atoms with Crippen molar-refractivity contribution in [2.75, 3.05) is 5.73 Å². The molecule has 0 radical (unpaired) electrons. The number of hydrogen-bond acceptors (Lipinski definition) is 5. The summed E-state index contributed by atoms with van der Waals surface area (Å²) >= 11 is 0. The van der Waals surface area contributed by atoms with Crippen LogP contribution in [0.2, 0.25) is 0 Å². The number of aliphatic imine (C=N–C) groups is 1. The number of carboxylic acid groups (broad SMARTS) is 1. The highest BCUT2D eigenvalue weighted by atomic mass is 16.4. The molecule has 0 saturated carbocycles. The number of carboxylic acids is 1. The third kappa shape index (κ3) is 3.49. The third-order valence-corrected chi connectivity index (χ3v) is 3.38. The lowest BCUT2D eigenvalue weighted by Crippen LogP contribution is -2.37. The van der Waals surface area contributed by atoms with Crippen molar-refractivity contribution in [3.63, 3.8) is 0 Å². The van der Waals surface area contributed by atoms with Gasteiger partial charge in [-0.05, 0) is 17.2 Å². The summed E-state index contributed by atoms with van der Waals surface area (Å²) in [5, 5.41) is 8.58. The largest absolute Gasteiger partial charge is 0.478 e. The number of nitrogen functional groups attached to an aromatic ring is 1. The van der Waals surface area contributed by atoms with Crippen LogP contribution in [0.15, 0.2) is 44.9 Å². The molecule has 0 spiro atoms. The summed E-state index contributed by atoms with van der Waals surface area (Å²) in [7, 11) is 2.81. The number of benzene rings is 1. The number of nitrogens with two attached hydrogens (primary N) is 1. The van der Waals surface area contributed by atoms with Gasteiger partial charge in [0, 0.05) is 26.4 Å². The van der Waals surface area contributed by atoms with Crippen LogP contribution in [0.1, 0.15) is 11.1 Å². The van der Waals surface area contributed by atoms with Gasteiger partial charge in [-0.15, -0.1) is 0 Å². The van der Waals surface area contributed by atoms with Crippen LogP contribution in [0.5, 0.6) is 0 Å². The molecule has 0 amide bonds. The van der Waals surface area contributed by atoms with Crippen molar-refractivity contribution in [2.24, 2.45) is 19.1 Å². The highest BCUT2D eigenvalue weighted by Crippen LogP contribution is 2.13. The Bertz CT molecular complexity index is 950. The fourth-order valence-corrected chi connectivity index (χ4v) is 1.96. The van der Waals surface area contributed by atoms with E-state index in [1.54, 1.807) is 24.3 Å². The summed E-state index contributed by atoms with van der Waals surface area (Å²) in [6, 6.07) is 6.85. The normalized spacial score (nSPS) is 11.4. The zero-order valence-electron chi connectivity index (χ0n) is 13.1. The Hall–Kier alpha value is -3.42. The van der Waals surface area contributed by atoms with Crippen LogP contribution in [0.4, 0.5) is 11.5 Å². The SMILES string of the molecule is Cn1c(N)c(N=Cc2ccc(C=CC(=O)O)cc2)c(=O)n(C)c1=O. The fourth-order valence-electron chi connectivity index (χ4n) is 1.96. The van der Waals surface area contributed by atoms with Crippen LogP contribution in [0.3, 0.4) is 0 Å². The molecule has 3 N–H and O–H groups in total. The number of rotatable bonds is 4. The van der Waals surface area contributed by atoms with E-state index in [4.69, 9.17) is 10.8 Å². The molecular weight excluding hydrogens is 312 g/mol. The van der Waals surface area contributed by atoms with Crippen LogP contribution in [0, 0.1) is 0 Å². The zero-order valence-corrected chi connectivity index (χ0v) is 13.1. The molecule has 0 bridgehead atoms. The van der Waals surface area contributed by atoms with Gasteiger partial charge >= 0.3 is 11.7 Å². The number of nitrogens with zero attached hydrogens (tertiary/aromatic N) is 3. The molecule has 1 aromatic carbocycles. The van der Waals surface area contributed by atoms with E-state index in [1.807, 2.05) is 0 Å². The number of hydrogen-bond donors (Lipinski definition) is 2. The Morgan fingerprint density at radius 1 is 1.12 bits per heavy atom. The van der Waals surface area contributed by atoms with Gasteiger partial charge in [-0.2, -0.15) is 0 Å². The second-order valence-electron chi connectivity index (χ2n) is 5.04. The Balaban J connectivity index is 2.34. The molecule has 8 heteroatoms. The summed E-state index contributed by atoms with van der Waals surface area (Å²) in [6.07, 6.45) is 3.95. The number of carbonyl (C=O) groups is 1. The first-order chi connectivity index (χ1) is 11.3. The van der Waals surface area contributed by atoms with Crippen molar-refractivity contribution < 1.29 is 9.90 Å². The lowest BCUT2D eigenvalue weighted by molar-refractivity contribution is -0.131. The smallest absolute Gasteiger partial charge is 0.332 e. The molecular formula is C16H16N4O4. The molecule has 0 unspecified atom stereocenters. The van der Waals surface area contributed by atoms with Crippen LogP contribution in [0.25, 0.3) is 6.08 Å². The minimum absolute atomic E-state index is 0.0136. The van der Waals surface area contributed by atoms with E-state index in [-0.39, 0.29) is 11.5 Å². The molecule has 0 aliphatic rings. The Labute approximate surface area is 136 Å². The maximum absolute atomic E-state index is 12.1. The van der Waals surface area contributed by atoms with Crippen LogP contribution in [-0.4, -0.2) is 26.4 Å². The van der Waals surface area contributed by atoms with Crippen molar-refractivity contribution >= 4 is 29.8 Å². The van der Waals surface area contributed by atoms with Gasteiger partial charge < -0.3 is 10.8 Å². The first-order valence-corrected chi connectivity index (χ1v) is 6.92.